The van der Waals surface area contributed by atoms with Crippen molar-refractivity contribution in [3.05, 3.63) is 48.0 Å². The fraction of sp³-hybridized carbons (Fsp3) is 0.500. The number of rotatable bonds is 5. The Morgan fingerprint density at radius 3 is 2.93 bits per heavy atom. The Morgan fingerprint density at radius 2 is 2.17 bits per heavy atom. The van der Waals surface area contributed by atoms with E-state index < -0.39 is 0 Å². The summed E-state index contributed by atoms with van der Waals surface area (Å²) < 4.78 is 7.53. The van der Waals surface area contributed by atoms with Crippen LogP contribution >= 0.6 is 0 Å². The van der Waals surface area contributed by atoms with Crippen LogP contribution in [0.2, 0.25) is 0 Å². The third kappa shape index (κ3) is 4.67. The lowest BCUT2D eigenvalue weighted by Crippen LogP contribution is -2.41. The second-order valence-corrected chi connectivity index (χ2v) is 8.04. The molecule has 7 heteroatoms. The van der Waals surface area contributed by atoms with Gasteiger partial charge in [-0.3, -0.25) is 9.59 Å². The van der Waals surface area contributed by atoms with Crippen LogP contribution in [-0.2, 0) is 16.1 Å². The van der Waals surface area contributed by atoms with Crippen LogP contribution in [0.15, 0.2) is 36.9 Å². The highest BCUT2D eigenvalue weighted by Crippen LogP contribution is 2.24. The Hall–Kier alpha value is -2.67. The molecule has 29 heavy (non-hydrogen) atoms. The predicted molar refractivity (Wildman–Crippen MR) is 110 cm³/mol. The predicted octanol–water partition coefficient (Wildman–Crippen LogP) is 2.86. The number of nitrogens with one attached hydrogen (secondary N) is 1. The minimum Gasteiger partial charge on any atom is -0.368 e. The van der Waals surface area contributed by atoms with Crippen molar-refractivity contribution >= 4 is 17.5 Å². The summed E-state index contributed by atoms with van der Waals surface area (Å²) in [4.78, 5) is 31.6. The number of piperidine rings is 1. The summed E-state index contributed by atoms with van der Waals surface area (Å²) in [6.07, 6.45) is 8.94. The smallest absolute Gasteiger partial charge is 0.253 e. The molecule has 2 fully saturated rings. The van der Waals surface area contributed by atoms with Crippen LogP contribution in [0.5, 0.6) is 0 Å². The van der Waals surface area contributed by atoms with Crippen LogP contribution in [0.3, 0.4) is 0 Å². The molecular formula is C22H28N4O3. The lowest BCUT2D eigenvalue weighted by molar-refractivity contribution is -0.124. The molecule has 3 heterocycles. The van der Waals surface area contributed by atoms with Crippen molar-refractivity contribution < 1.29 is 14.3 Å². The number of aromatic nitrogens is 2. The van der Waals surface area contributed by atoms with E-state index in [1.807, 2.05) is 36.5 Å². The molecule has 1 N–H and O–H groups in total. The van der Waals surface area contributed by atoms with Crippen molar-refractivity contribution in [2.75, 3.05) is 25.0 Å². The number of hydrogen-bond donors (Lipinski definition) is 1. The number of carbonyl (C=O) groups excluding carboxylic acids is 2. The first kappa shape index (κ1) is 19.6. The van der Waals surface area contributed by atoms with E-state index in [2.05, 4.69) is 14.9 Å². The average Bonchev–Trinajstić information content (AvgIpc) is 3.43. The maximum absolute atomic E-state index is 13.1. The van der Waals surface area contributed by atoms with Gasteiger partial charge in [-0.1, -0.05) is 6.07 Å². The lowest BCUT2D eigenvalue weighted by atomic mass is 9.97. The quantitative estimate of drug-likeness (QED) is 0.843. The summed E-state index contributed by atoms with van der Waals surface area (Å²) in [7, 11) is 0. The maximum Gasteiger partial charge on any atom is 0.253 e. The fourth-order valence-electron chi connectivity index (χ4n) is 4.16. The van der Waals surface area contributed by atoms with E-state index in [1.54, 1.807) is 12.3 Å². The van der Waals surface area contributed by atoms with E-state index in [-0.39, 0.29) is 17.9 Å². The topological polar surface area (TPSA) is 76.5 Å². The van der Waals surface area contributed by atoms with Crippen molar-refractivity contribution in [1.82, 2.24) is 14.5 Å². The zero-order valence-electron chi connectivity index (χ0n) is 16.8. The number of imidazole rings is 1. The Morgan fingerprint density at radius 1 is 1.28 bits per heavy atom. The van der Waals surface area contributed by atoms with Crippen LogP contribution in [0, 0.1) is 12.8 Å². The first-order chi connectivity index (χ1) is 14.1. The first-order valence-corrected chi connectivity index (χ1v) is 10.4. The SMILES string of the molecule is Cc1ccc(C(=O)N2CCC[C@H](Cn3ccnc3)C2)cc1NC(=O)[C@@H]1CCCO1. The standard InChI is InChI=1S/C22H28N4O3/c1-16-6-7-18(12-19(16)24-21(27)20-5-3-11-29-20)22(28)26-9-2-4-17(14-26)13-25-10-8-23-15-25/h6-8,10,12,15,17,20H,2-5,9,11,13-14H2,1H3,(H,24,27)/t17-,20+/m1/s1. The third-order valence-electron chi connectivity index (χ3n) is 5.80. The number of amides is 2. The molecule has 0 radical (unpaired) electrons. The highest BCUT2D eigenvalue weighted by molar-refractivity contribution is 5.99. The summed E-state index contributed by atoms with van der Waals surface area (Å²) in [5.41, 5.74) is 2.23. The molecule has 0 spiro atoms. The molecule has 2 atom stereocenters. The number of ether oxygens (including phenoxy) is 1. The van der Waals surface area contributed by atoms with E-state index in [4.69, 9.17) is 4.74 Å². The van der Waals surface area contributed by atoms with Gasteiger partial charge in [0.2, 0.25) is 0 Å². The lowest BCUT2D eigenvalue weighted by Gasteiger charge is -2.33. The number of hydrogen-bond acceptors (Lipinski definition) is 4. The van der Waals surface area contributed by atoms with Crippen LogP contribution in [-0.4, -0.2) is 52.1 Å². The van der Waals surface area contributed by atoms with Gasteiger partial charge in [-0.05, 0) is 56.2 Å². The van der Waals surface area contributed by atoms with Crippen molar-refractivity contribution in [1.29, 1.82) is 0 Å². The van der Waals surface area contributed by atoms with Gasteiger partial charge in [-0.25, -0.2) is 4.98 Å². The number of aryl methyl sites for hydroxylation is 1. The van der Waals surface area contributed by atoms with Gasteiger partial charge in [-0.2, -0.15) is 0 Å². The van der Waals surface area contributed by atoms with Crippen molar-refractivity contribution in [3.8, 4) is 0 Å². The average molecular weight is 396 g/mol. The van der Waals surface area contributed by atoms with Gasteiger partial charge in [0.15, 0.2) is 0 Å². The van der Waals surface area contributed by atoms with E-state index in [1.165, 1.54) is 0 Å². The molecule has 0 saturated carbocycles. The molecule has 0 bridgehead atoms. The third-order valence-corrected chi connectivity index (χ3v) is 5.80. The van der Waals surface area contributed by atoms with E-state index in [0.29, 0.717) is 23.8 Å². The Labute approximate surface area is 171 Å². The van der Waals surface area contributed by atoms with Gasteiger partial charge >= 0.3 is 0 Å². The number of nitrogens with zero attached hydrogens (tertiary/aromatic N) is 3. The Balaban J connectivity index is 1.43. The maximum atomic E-state index is 13.1. The molecule has 0 aliphatic carbocycles. The van der Waals surface area contributed by atoms with Gasteiger partial charge in [0.1, 0.15) is 6.10 Å². The normalized spacial score (nSPS) is 21.9. The van der Waals surface area contributed by atoms with Gasteiger partial charge in [0.25, 0.3) is 11.8 Å². The number of likely N-dealkylation sites (tertiary alicyclic amines) is 1. The van der Waals surface area contributed by atoms with E-state index in [0.717, 1.165) is 50.9 Å². The first-order valence-electron chi connectivity index (χ1n) is 10.4. The molecule has 2 saturated heterocycles. The van der Waals surface area contributed by atoms with Gasteiger partial charge in [0, 0.05) is 49.9 Å². The number of carbonyl (C=O) groups is 2. The summed E-state index contributed by atoms with van der Waals surface area (Å²) >= 11 is 0. The summed E-state index contributed by atoms with van der Waals surface area (Å²) in [5.74, 6) is 0.313. The van der Waals surface area contributed by atoms with Gasteiger partial charge in [-0.15, -0.1) is 0 Å². The van der Waals surface area contributed by atoms with Crippen LogP contribution < -0.4 is 5.32 Å². The van der Waals surface area contributed by atoms with Crippen molar-refractivity contribution in [3.63, 3.8) is 0 Å². The number of anilines is 1. The second kappa shape index (κ2) is 8.78. The summed E-state index contributed by atoms with van der Waals surface area (Å²) in [6.45, 7) is 4.94. The molecule has 2 amide bonds. The molecule has 0 unspecified atom stereocenters. The van der Waals surface area contributed by atoms with Gasteiger partial charge < -0.3 is 19.5 Å². The minimum atomic E-state index is -0.389. The van der Waals surface area contributed by atoms with Gasteiger partial charge in [0.05, 0.1) is 6.33 Å². The van der Waals surface area contributed by atoms with E-state index in [9.17, 15) is 9.59 Å². The van der Waals surface area contributed by atoms with E-state index >= 15 is 0 Å². The van der Waals surface area contributed by atoms with Crippen LogP contribution in [0.4, 0.5) is 5.69 Å². The highest BCUT2D eigenvalue weighted by Gasteiger charge is 2.26. The second-order valence-electron chi connectivity index (χ2n) is 8.04. The van der Waals surface area contributed by atoms with Crippen LogP contribution in [0.1, 0.15) is 41.6 Å². The summed E-state index contributed by atoms with van der Waals surface area (Å²) in [6, 6.07) is 5.54. The molecule has 7 nitrogen and oxygen atoms in total. The highest BCUT2D eigenvalue weighted by atomic mass is 16.5. The number of benzene rings is 1. The molecule has 2 aliphatic heterocycles. The Bertz CT molecular complexity index is 859. The molecule has 1 aromatic heterocycles. The largest absolute Gasteiger partial charge is 0.368 e. The monoisotopic (exact) mass is 396 g/mol. The minimum absolute atomic E-state index is 0.0212. The molecule has 1 aromatic carbocycles. The summed E-state index contributed by atoms with van der Waals surface area (Å²) in [5, 5.41) is 2.94. The fourth-order valence-corrected chi connectivity index (χ4v) is 4.16. The van der Waals surface area contributed by atoms with Crippen molar-refractivity contribution in [2.45, 2.75) is 45.3 Å². The zero-order chi connectivity index (χ0) is 20.2. The molecule has 4 rings (SSSR count). The van der Waals surface area contributed by atoms with Crippen LogP contribution in [0.25, 0.3) is 0 Å². The molecule has 2 aromatic rings. The molecule has 154 valence electrons. The molecule has 2 aliphatic rings. The zero-order valence-corrected chi connectivity index (χ0v) is 16.8. The Kier molecular flexibility index (Phi) is 5.94. The van der Waals surface area contributed by atoms with Crippen molar-refractivity contribution in [2.24, 2.45) is 5.92 Å². The molecular weight excluding hydrogens is 368 g/mol.